The third-order valence-electron chi connectivity index (χ3n) is 4.09. The quantitative estimate of drug-likeness (QED) is 0.358. The Morgan fingerprint density at radius 2 is 1.04 bits per heavy atom. The van der Waals surface area contributed by atoms with Crippen molar-refractivity contribution < 1.29 is 28.5 Å². The Morgan fingerprint density at radius 1 is 0.731 bits per heavy atom. The maximum absolute atomic E-state index is 12.9. The van der Waals surface area contributed by atoms with E-state index in [1.807, 2.05) is 13.8 Å². The summed E-state index contributed by atoms with van der Waals surface area (Å²) in [6.45, 7) is 14.9. The van der Waals surface area contributed by atoms with Crippen LogP contribution in [0, 0.1) is 0 Å². The normalized spacial score (nSPS) is 16.2. The first kappa shape index (κ1) is 24.9. The molecular formula is C20H38O6. The van der Waals surface area contributed by atoms with Gasteiger partial charge in [-0.15, -0.1) is 0 Å². The fraction of sp³-hybridized carbons (Fsp3) is 0.900. The zero-order valence-corrected chi connectivity index (χ0v) is 17.8. The summed E-state index contributed by atoms with van der Waals surface area (Å²) in [7, 11) is 0. The zero-order valence-electron chi connectivity index (χ0n) is 17.8. The molecule has 6 nitrogen and oxygen atoms in total. The van der Waals surface area contributed by atoms with Gasteiger partial charge in [0.2, 0.25) is 11.2 Å². The first-order chi connectivity index (χ1) is 12.0. The highest BCUT2D eigenvalue weighted by molar-refractivity contribution is 5.92. The highest BCUT2D eigenvalue weighted by atomic mass is 16.6. The highest BCUT2D eigenvalue weighted by Gasteiger charge is 2.60. The van der Waals surface area contributed by atoms with Crippen LogP contribution in [0.25, 0.3) is 0 Å². The molecule has 0 spiro atoms. The molecule has 26 heavy (non-hydrogen) atoms. The fourth-order valence-electron chi connectivity index (χ4n) is 2.55. The molecule has 0 saturated carbocycles. The maximum atomic E-state index is 12.9. The van der Waals surface area contributed by atoms with E-state index in [4.69, 9.17) is 18.9 Å². The Bertz CT molecular complexity index is 394. The van der Waals surface area contributed by atoms with Gasteiger partial charge in [-0.25, -0.2) is 9.59 Å². The second-order valence-corrected chi connectivity index (χ2v) is 7.38. The summed E-state index contributed by atoms with van der Waals surface area (Å²) < 4.78 is 22.6. The number of rotatable bonds is 13. The molecular weight excluding hydrogens is 336 g/mol. The van der Waals surface area contributed by atoms with Crippen LogP contribution in [0.5, 0.6) is 0 Å². The Kier molecular flexibility index (Phi) is 11.0. The Hall–Kier alpha value is -1.14. The van der Waals surface area contributed by atoms with Gasteiger partial charge in [-0.05, 0) is 54.4 Å². The lowest BCUT2D eigenvalue weighted by Crippen LogP contribution is -2.65. The van der Waals surface area contributed by atoms with E-state index in [-0.39, 0.29) is 25.4 Å². The molecule has 2 unspecified atom stereocenters. The minimum atomic E-state index is -1.62. The summed E-state index contributed by atoms with van der Waals surface area (Å²) in [5.74, 6) is -1.23. The maximum Gasteiger partial charge on any atom is 0.341 e. The summed E-state index contributed by atoms with van der Waals surface area (Å²) in [5.41, 5.74) is -3.25. The zero-order chi connectivity index (χ0) is 20.4. The molecule has 0 bridgehead atoms. The summed E-state index contributed by atoms with van der Waals surface area (Å²) in [4.78, 5) is 25.8. The van der Waals surface area contributed by atoms with Gasteiger partial charge in [-0.2, -0.15) is 0 Å². The van der Waals surface area contributed by atoms with Crippen LogP contribution in [0.4, 0.5) is 0 Å². The van der Waals surface area contributed by atoms with E-state index in [1.54, 1.807) is 41.5 Å². The van der Waals surface area contributed by atoms with Crippen LogP contribution in [0.2, 0.25) is 0 Å². The molecule has 0 aromatic rings. The predicted octanol–water partition coefficient (Wildman–Crippen LogP) is 4.04. The third kappa shape index (κ3) is 6.88. The van der Waals surface area contributed by atoms with Gasteiger partial charge in [0.05, 0.1) is 25.4 Å². The van der Waals surface area contributed by atoms with Crippen molar-refractivity contribution in [2.45, 2.75) is 104 Å². The molecule has 0 N–H and O–H groups in total. The lowest BCUT2D eigenvalue weighted by molar-refractivity contribution is -0.241. The summed E-state index contributed by atoms with van der Waals surface area (Å²) in [5, 5.41) is 0. The molecule has 6 heteroatoms. The van der Waals surface area contributed by atoms with Crippen molar-refractivity contribution >= 4 is 11.9 Å². The lowest BCUT2D eigenvalue weighted by Gasteiger charge is -2.43. The summed E-state index contributed by atoms with van der Waals surface area (Å²) in [6, 6.07) is 0. The Labute approximate surface area is 158 Å². The molecule has 0 rings (SSSR count). The van der Waals surface area contributed by atoms with E-state index in [2.05, 4.69) is 0 Å². The lowest BCUT2D eigenvalue weighted by atomic mass is 9.84. The highest BCUT2D eigenvalue weighted by Crippen LogP contribution is 2.35. The van der Waals surface area contributed by atoms with Crippen molar-refractivity contribution in [1.29, 1.82) is 0 Å². The van der Waals surface area contributed by atoms with E-state index in [9.17, 15) is 9.59 Å². The van der Waals surface area contributed by atoms with Gasteiger partial charge in [-0.3, -0.25) is 0 Å². The number of hydrogen-bond donors (Lipinski definition) is 0. The molecule has 0 radical (unpaired) electrons. The van der Waals surface area contributed by atoms with Crippen LogP contribution in [0.1, 0.15) is 81.1 Å². The second kappa shape index (κ2) is 11.5. The second-order valence-electron chi connectivity index (χ2n) is 7.38. The van der Waals surface area contributed by atoms with E-state index < -0.39 is 23.1 Å². The molecule has 2 atom stereocenters. The SMILES string of the molecule is CCCCOC(=O)C(C)(OC(C)C)C(C)(OC(C)C)C(=O)OCCCC. The van der Waals surface area contributed by atoms with Crippen molar-refractivity contribution in [2.24, 2.45) is 0 Å². The van der Waals surface area contributed by atoms with E-state index >= 15 is 0 Å². The number of carbonyl (C=O) groups is 2. The monoisotopic (exact) mass is 374 g/mol. The smallest absolute Gasteiger partial charge is 0.341 e. The first-order valence-corrected chi connectivity index (χ1v) is 9.75. The van der Waals surface area contributed by atoms with Gasteiger partial charge in [0.15, 0.2) is 0 Å². The van der Waals surface area contributed by atoms with Crippen molar-refractivity contribution in [3.8, 4) is 0 Å². The minimum Gasteiger partial charge on any atom is -0.463 e. The van der Waals surface area contributed by atoms with Crippen molar-refractivity contribution in [3.05, 3.63) is 0 Å². The number of hydrogen-bond acceptors (Lipinski definition) is 6. The topological polar surface area (TPSA) is 71.1 Å². The van der Waals surface area contributed by atoms with Crippen LogP contribution in [0.15, 0.2) is 0 Å². The van der Waals surface area contributed by atoms with Crippen LogP contribution in [0.3, 0.4) is 0 Å². The molecule has 0 heterocycles. The first-order valence-electron chi connectivity index (χ1n) is 9.75. The van der Waals surface area contributed by atoms with Crippen molar-refractivity contribution in [1.82, 2.24) is 0 Å². The van der Waals surface area contributed by atoms with Gasteiger partial charge >= 0.3 is 11.9 Å². The summed E-state index contributed by atoms with van der Waals surface area (Å²) in [6.07, 6.45) is 2.66. The van der Waals surface area contributed by atoms with Crippen LogP contribution in [-0.4, -0.2) is 48.6 Å². The van der Waals surface area contributed by atoms with Crippen LogP contribution >= 0.6 is 0 Å². The number of carbonyl (C=O) groups excluding carboxylic acids is 2. The molecule has 0 aromatic carbocycles. The molecule has 0 aliphatic carbocycles. The van der Waals surface area contributed by atoms with Crippen LogP contribution in [-0.2, 0) is 28.5 Å². The average molecular weight is 375 g/mol. The molecule has 0 aromatic heterocycles. The number of ether oxygens (including phenoxy) is 4. The molecule has 154 valence electrons. The van der Waals surface area contributed by atoms with E-state index in [1.165, 1.54) is 0 Å². The predicted molar refractivity (Wildman–Crippen MR) is 101 cm³/mol. The van der Waals surface area contributed by atoms with Crippen LogP contribution < -0.4 is 0 Å². The van der Waals surface area contributed by atoms with Gasteiger partial charge in [-0.1, -0.05) is 26.7 Å². The molecule has 0 fully saturated rings. The van der Waals surface area contributed by atoms with Gasteiger partial charge in [0.25, 0.3) is 0 Å². The number of unbranched alkanes of at least 4 members (excludes halogenated alkanes) is 2. The van der Waals surface area contributed by atoms with Crippen molar-refractivity contribution in [2.75, 3.05) is 13.2 Å². The van der Waals surface area contributed by atoms with E-state index in [0.717, 1.165) is 25.7 Å². The average Bonchev–Trinajstić information content (AvgIpc) is 2.53. The number of esters is 2. The van der Waals surface area contributed by atoms with Gasteiger partial charge in [0.1, 0.15) is 0 Å². The standard InChI is InChI=1S/C20H38O6/c1-9-11-13-23-17(21)19(7,25-15(3)4)20(8,26-16(5)6)18(22)24-14-12-10-2/h15-16H,9-14H2,1-8H3. The van der Waals surface area contributed by atoms with Gasteiger partial charge in [0, 0.05) is 0 Å². The molecule has 0 amide bonds. The molecule has 0 aliphatic heterocycles. The van der Waals surface area contributed by atoms with E-state index in [0.29, 0.717) is 0 Å². The molecule has 0 aliphatic rings. The molecule has 0 saturated heterocycles. The largest absolute Gasteiger partial charge is 0.463 e. The van der Waals surface area contributed by atoms with Crippen molar-refractivity contribution in [3.63, 3.8) is 0 Å². The minimum absolute atomic E-state index is 0.273. The third-order valence-corrected chi connectivity index (χ3v) is 4.09. The van der Waals surface area contributed by atoms with Gasteiger partial charge < -0.3 is 18.9 Å². The summed E-state index contributed by atoms with van der Waals surface area (Å²) >= 11 is 0. The Balaban J connectivity index is 5.76. The Morgan fingerprint density at radius 3 is 1.27 bits per heavy atom. The fourth-order valence-corrected chi connectivity index (χ4v) is 2.55.